The van der Waals surface area contributed by atoms with Gasteiger partial charge in [-0.1, -0.05) is 11.6 Å². The Kier molecular flexibility index (Phi) is 6.75. The number of thiophene rings is 1. The van der Waals surface area contributed by atoms with Crippen LogP contribution in [0.15, 0.2) is 30.5 Å². The quantitative estimate of drug-likeness (QED) is 0.504. The Balaban J connectivity index is 1.46. The Hall–Kier alpha value is -2.24. The molecule has 2 aromatic heterocycles. The standard InChI is InChI=1S/C24H27ClN4O4S2/c1-14(28-35(2,31)32)9-17-13-20-23(34-17)18(3-4-27-20)19-12-16(25)10-15-11-21(33-22(15)19)24(30)29-7-5-26-6-8-29/h3-4,10,12-14,21,26,28H,5-9,11H2,1-2H3/t14?,21-/m1/s1. The molecule has 1 unspecified atom stereocenters. The second-order valence-electron chi connectivity index (χ2n) is 9.11. The van der Waals surface area contributed by atoms with Gasteiger partial charge in [-0.15, -0.1) is 11.3 Å². The number of sulfonamides is 1. The molecule has 3 aromatic rings. The summed E-state index contributed by atoms with van der Waals surface area (Å²) in [6, 6.07) is 7.44. The number of fused-ring (bicyclic) bond motifs is 2. The van der Waals surface area contributed by atoms with Crippen molar-refractivity contribution in [3.8, 4) is 16.9 Å². The van der Waals surface area contributed by atoms with E-state index in [0.717, 1.165) is 51.1 Å². The third kappa shape index (κ3) is 5.31. The average Bonchev–Trinajstić information content (AvgIpc) is 3.40. The molecule has 5 rings (SSSR count). The lowest BCUT2D eigenvalue weighted by molar-refractivity contribution is -0.138. The second kappa shape index (κ2) is 9.67. The predicted molar refractivity (Wildman–Crippen MR) is 139 cm³/mol. The van der Waals surface area contributed by atoms with E-state index in [0.29, 0.717) is 36.7 Å². The van der Waals surface area contributed by atoms with Gasteiger partial charge in [0, 0.05) is 71.4 Å². The first-order valence-corrected chi connectivity index (χ1v) is 14.6. The lowest BCUT2D eigenvalue weighted by Gasteiger charge is -2.29. The number of pyridine rings is 1. The van der Waals surface area contributed by atoms with Crippen molar-refractivity contribution in [2.24, 2.45) is 0 Å². The fourth-order valence-corrected chi connectivity index (χ4v) is 7.09. The molecule has 0 radical (unpaired) electrons. The van der Waals surface area contributed by atoms with Crippen LogP contribution in [-0.4, -0.2) is 68.8 Å². The molecule has 1 fully saturated rings. The highest BCUT2D eigenvalue weighted by Crippen LogP contribution is 2.44. The minimum Gasteiger partial charge on any atom is -0.479 e. The van der Waals surface area contributed by atoms with Gasteiger partial charge in [0.2, 0.25) is 10.0 Å². The molecule has 186 valence electrons. The Morgan fingerprint density at radius 2 is 2.09 bits per heavy atom. The molecule has 0 bridgehead atoms. The molecule has 11 heteroatoms. The Bertz CT molecular complexity index is 1390. The summed E-state index contributed by atoms with van der Waals surface area (Å²) < 4.78 is 33.0. The zero-order valence-corrected chi connectivity index (χ0v) is 21.9. The molecule has 2 aliphatic rings. The molecule has 1 aromatic carbocycles. The summed E-state index contributed by atoms with van der Waals surface area (Å²) in [5, 5.41) is 3.85. The largest absolute Gasteiger partial charge is 0.479 e. The maximum atomic E-state index is 13.1. The summed E-state index contributed by atoms with van der Waals surface area (Å²) in [5.41, 5.74) is 3.53. The lowest BCUT2D eigenvalue weighted by Crippen LogP contribution is -2.50. The van der Waals surface area contributed by atoms with Crippen LogP contribution in [0.5, 0.6) is 5.75 Å². The van der Waals surface area contributed by atoms with Gasteiger partial charge in [-0.2, -0.15) is 0 Å². The number of hydrogen-bond donors (Lipinski definition) is 2. The van der Waals surface area contributed by atoms with Crippen molar-refractivity contribution in [1.82, 2.24) is 19.9 Å². The van der Waals surface area contributed by atoms with Crippen LogP contribution in [0.1, 0.15) is 17.4 Å². The Morgan fingerprint density at radius 1 is 1.31 bits per heavy atom. The molecule has 8 nitrogen and oxygen atoms in total. The van der Waals surface area contributed by atoms with Crippen molar-refractivity contribution in [2.45, 2.75) is 31.9 Å². The van der Waals surface area contributed by atoms with Gasteiger partial charge >= 0.3 is 0 Å². The van der Waals surface area contributed by atoms with Crippen LogP contribution >= 0.6 is 22.9 Å². The highest BCUT2D eigenvalue weighted by Gasteiger charge is 2.35. The van der Waals surface area contributed by atoms with Crippen LogP contribution in [0.25, 0.3) is 21.3 Å². The van der Waals surface area contributed by atoms with Gasteiger partial charge in [-0.3, -0.25) is 9.78 Å². The molecular weight excluding hydrogens is 508 g/mol. The van der Waals surface area contributed by atoms with Crippen LogP contribution < -0.4 is 14.8 Å². The second-order valence-corrected chi connectivity index (χ2v) is 12.5. The van der Waals surface area contributed by atoms with E-state index in [1.807, 2.05) is 36.1 Å². The van der Waals surface area contributed by atoms with Crippen LogP contribution in [0.3, 0.4) is 0 Å². The number of amides is 1. The monoisotopic (exact) mass is 534 g/mol. The number of rotatable bonds is 6. The van der Waals surface area contributed by atoms with Gasteiger partial charge in [-0.25, -0.2) is 13.1 Å². The van der Waals surface area contributed by atoms with Gasteiger partial charge in [0.25, 0.3) is 5.91 Å². The maximum absolute atomic E-state index is 13.1. The van der Waals surface area contributed by atoms with Gasteiger partial charge in [0.1, 0.15) is 5.75 Å². The number of carbonyl (C=O) groups excluding carboxylic acids is 1. The van der Waals surface area contributed by atoms with Crippen molar-refractivity contribution in [3.05, 3.63) is 45.9 Å². The van der Waals surface area contributed by atoms with E-state index in [2.05, 4.69) is 15.0 Å². The first kappa shape index (κ1) is 24.5. The van der Waals surface area contributed by atoms with E-state index in [9.17, 15) is 13.2 Å². The lowest BCUT2D eigenvalue weighted by atomic mass is 10.0. The summed E-state index contributed by atoms with van der Waals surface area (Å²) in [7, 11) is -3.28. The molecule has 35 heavy (non-hydrogen) atoms. The molecule has 0 aliphatic carbocycles. The zero-order valence-electron chi connectivity index (χ0n) is 19.5. The van der Waals surface area contributed by atoms with Crippen molar-refractivity contribution >= 4 is 49.1 Å². The van der Waals surface area contributed by atoms with E-state index < -0.39 is 16.1 Å². The molecule has 4 heterocycles. The van der Waals surface area contributed by atoms with E-state index in [1.54, 1.807) is 17.5 Å². The molecular formula is C24H27ClN4O4S2. The predicted octanol–water partition coefficient (Wildman–Crippen LogP) is 2.83. The average molecular weight is 535 g/mol. The van der Waals surface area contributed by atoms with Crippen LogP contribution in [0, 0.1) is 0 Å². The van der Waals surface area contributed by atoms with Crippen molar-refractivity contribution in [1.29, 1.82) is 0 Å². The third-order valence-corrected chi connectivity index (χ3v) is 8.40. The van der Waals surface area contributed by atoms with Crippen LogP contribution in [0.4, 0.5) is 0 Å². The minimum atomic E-state index is -3.28. The molecule has 1 saturated heterocycles. The fourth-order valence-electron chi connectivity index (χ4n) is 4.76. The number of carbonyl (C=O) groups is 1. The number of hydrogen-bond acceptors (Lipinski definition) is 7. The zero-order chi connectivity index (χ0) is 24.7. The molecule has 2 aliphatic heterocycles. The maximum Gasteiger partial charge on any atom is 0.264 e. The highest BCUT2D eigenvalue weighted by molar-refractivity contribution is 7.88. The molecule has 2 N–H and O–H groups in total. The van der Waals surface area contributed by atoms with Crippen LogP contribution in [0.2, 0.25) is 5.02 Å². The molecule has 0 spiro atoms. The Labute approximate surface area is 213 Å². The highest BCUT2D eigenvalue weighted by atomic mass is 35.5. The van der Waals surface area contributed by atoms with E-state index >= 15 is 0 Å². The number of halogens is 1. The van der Waals surface area contributed by atoms with Crippen molar-refractivity contribution in [3.63, 3.8) is 0 Å². The third-order valence-electron chi connectivity index (χ3n) is 6.18. The summed E-state index contributed by atoms with van der Waals surface area (Å²) in [6.07, 6.45) is 3.40. The summed E-state index contributed by atoms with van der Waals surface area (Å²) in [5.74, 6) is 0.702. The summed E-state index contributed by atoms with van der Waals surface area (Å²) in [6.45, 7) is 4.77. The van der Waals surface area contributed by atoms with Gasteiger partial charge in [0.15, 0.2) is 6.10 Å². The number of piperazine rings is 1. The number of nitrogens with one attached hydrogen (secondary N) is 2. The van der Waals surface area contributed by atoms with Gasteiger partial charge < -0.3 is 15.0 Å². The number of aromatic nitrogens is 1. The molecule has 2 atom stereocenters. The SMILES string of the molecule is CC(Cc1cc2nccc(-c3cc(Cl)cc4c3O[C@@H](C(=O)N3CCNCC3)C4)c2s1)NS(C)(=O)=O. The van der Waals surface area contributed by atoms with E-state index in [1.165, 1.54) is 0 Å². The number of benzene rings is 1. The first-order valence-electron chi connectivity index (χ1n) is 11.5. The normalized spacial score (nSPS) is 18.9. The molecule has 1 amide bonds. The van der Waals surface area contributed by atoms with Crippen molar-refractivity contribution < 1.29 is 17.9 Å². The van der Waals surface area contributed by atoms with Gasteiger partial charge in [0.05, 0.1) is 16.5 Å². The van der Waals surface area contributed by atoms with Crippen molar-refractivity contribution in [2.75, 3.05) is 32.4 Å². The van der Waals surface area contributed by atoms with E-state index in [-0.39, 0.29) is 11.9 Å². The van der Waals surface area contributed by atoms with Gasteiger partial charge in [-0.05, 0) is 37.6 Å². The minimum absolute atomic E-state index is 0.00965. The number of nitrogens with zero attached hydrogens (tertiary/aromatic N) is 2. The topological polar surface area (TPSA) is 101 Å². The molecule has 0 saturated carbocycles. The summed E-state index contributed by atoms with van der Waals surface area (Å²) in [4.78, 5) is 20.5. The smallest absolute Gasteiger partial charge is 0.264 e. The number of ether oxygens (including phenoxy) is 1. The fraction of sp³-hybridized carbons (Fsp3) is 0.417. The van der Waals surface area contributed by atoms with Crippen LogP contribution in [-0.2, 0) is 27.7 Å². The van der Waals surface area contributed by atoms with E-state index in [4.69, 9.17) is 16.3 Å². The summed E-state index contributed by atoms with van der Waals surface area (Å²) >= 11 is 8.08. The first-order chi connectivity index (χ1) is 16.7. The Morgan fingerprint density at radius 3 is 2.83 bits per heavy atom.